The van der Waals surface area contributed by atoms with Crippen LogP contribution in [0.3, 0.4) is 0 Å². The molecule has 0 spiro atoms. The first-order valence-electron chi connectivity index (χ1n) is 7.15. The van der Waals surface area contributed by atoms with Crippen molar-refractivity contribution >= 4 is 0 Å². The van der Waals surface area contributed by atoms with Crippen LogP contribution in [0.15, 0.2) is 6.20 Å². The summed E-state index contributed by atoms with van der Waals surface area (Å²) in [5.41, 5.74) is 6.85. The van der Waals surface area contributed by atoms with Crippen LogP contribution in [-0.4, -0.2) is 35.2 Å². The van der Waals surface area contributed by atoms with E-state index in [-0.39, 0.29) is 6.04 Å². The zero-order valence-electron chi connectivity index (χ0n) is 12.1. The van der Waals surface area contributed by atoms with Gasteiger partial charge in [-0.25, -0.2) is 9.36 Å². The molecule has 0 aliphatic heterocycles. The van der Waals surface area contributed by atoms with E-state index in [0.717, 1.165) is 43.7 Å². The monoisotopic (exact) mass is 278 g/mol. The topological polar surface area (TPSA) is 100 Å². The molecule has 2 heterocycles. The molecule has 2 aromatic rings. The third-order valence-corrected chi connectivity index (χ3v) is 3.17. The lowest BCUT2D eigenvalue weighted by molar-refractivity contribution is 0.511. The first kappa shape index (κ1) is 14.6. The van der Waals surface area contributed by atoms with Gasteiger partial charge in [-0.3, -0.25) is 0 Å². The highest BCUT2D eigenvalue weighted by Gasteiger charge is 2.12. The summed E-state index contributed by atoms with van der Waals surface area (Å²) in [5.74, 6) is 0.791. The molecule has 2 N–H and O–H groups in total. The van der Waals surface area contributed by atoms with E-state index in [9.17, 15) is 0 Å². The van der Waals surface area contributed by atoms with Gasteiger partial charge in [0.1, 0.15) is 6.54 Å². The van der Waals surface area contributed by atoms with Crippen molar-refractivity contribution in [2.24, 2.45) is 5.73 Å². The second-order valence-electron chi connectivity index (χ2n) is 4.91. The number of hydrogen-bond donors (Lipinski definition) is 1. The van der Waals surface area contributed by atoms with E-state index >= 15 is 0 Å². The molecule has 0 amide bonds. The van der Waals surface area contributed by atoms with Crippen molar-refractivity contribution in [3.63, 3.8) is 0 Å². The molecule has 2 aromatic heterocycles. The molecule has 0 radical (unpaired) electrons. The lowest BCUT2D eigenvalue weighted by Gasteiger charge is -2.05. The van der Waals surface area contributed by atoms with Gasteiger partial charge in [-0.1, -0.05) is 31.9 Å². The Hall–Kier alpha value is -1.83. The van der Waals surface area contributed by atoms with Gasteiger partial charge in [-0.15, -0.1) is 10.2 Å². The van der Waals surface area contributed by atoms with Crippen LogP contribution in [0, 0.1) is 0 Å². The molecule has 20 heavy (non-hydrogen) atoms. The summed E-state index contributed by atoms with van der Waals surface area (Å²) < 4.78 is 3.55. The van der Waals surface area contributed by atoms with Crippen LogP contribution in [0.1, 0.15) is 57.1 Å². The van der Waals surface area contributed by atoms with Gasteiger partial charge in [0.25, 0.3) is 0 Å². The van der Waals surface area contributed by atoms with Crippen molar-refractivity contribution in [2.45, 2.75) is 58.7 Å². The van der Waals surface area contributed by atoms with E-state index in [1.54, 1.807) is 4.68 Å². The highest BCUT2D eigenvalue weighted by atomic mass is 15.6. The van der Waals surface area contributed by atoms with Crippen LogP contribution in [0.4, 0.5) is 0 Å². The van der Waals surface area contributed by atoms with Crippen molar-refractivity contribution < 1.29 is 0 Å². The predicted molar refractivity (Wildman–Crippen MR) is 73.7 cm³/mol. The molecule has 0 fully saturated rings. The van der Waals surface area contributed by atoms with Gasteiger partial charge >= 0.3 is 0 Å². The normalized spacial score (nSPS) is 12.8. The molecular formula is C12H22N8. The number of aromatic nitrogens is 7. The average Bonchev–Trinajstić information content (AvgIpc) is 3.07. The van der Waals surface area contributed by atoms with Crippen LogP contribution >= 0.6 is 0 Å². The quantitative estimate of drug-likeness (QED) is 0.770. The van der Waals surface area contributed by atoms with E-state index in [4.69, 9.17) is 5.73 Å². The average molecular weight is 278 g/mol. The summed E-state index contributed by atoms with van der Waals surface area (Å²) >= 11 is 0. The first-order chi connectivity index (χ1) is 9.74. The Labute approximate surface area is 118 Å². The smallest absolute Gasteiger partial charge is 0.172 e. The molecule has 1 unspecified atom stereocenters. The highest BCUT2D eigenvalue weighted by molar-refractivity contribution is 5.00. The second kappa shape index (κ2) is 7.09. The van der Waals surface area contributed by atoms with Crippen LogP contribution < -0.4 is 5.73 Å². The van der Waals surface area contributed by atoms with E-state index in [2.05, 4.69) is 39.7 Å². The van der Waals surface area contributed by atoms with E-state index in [1.807, 2.05) is 10.9 Å². The van der Waals surface area contributed by atoms with Gasteiger partial charge in [0.2, 0.25) is 0 Å². The lowest BCUT2D eigenvalue weighted by atomic mass is 10.1. The van der Waals surface area contributed by atoms with Crippen molar-refractivity contribution in [1.29, 1.82) is 0 Å². The Kier molecular flexibility index (Phi) is 5.16. The maximum absolute atomic E-state index is 6.03. The third kappa shape index (κ3) is 3.60. The molecule has 1 atom stereocenters. The van der Waals surface area contributed by atoms with Crippen LogP contribution in [-0.2, 0) is 13.1 Å². The number of tetrazole rings is 1. The molecule has 8 nitrogen and oxygen atoms in total. The summed E-state index contributed by atoms with van der Waals surface area (Å²) in [6.07, 6.45) is 5.98. The van der Waals surface area contributed by atoms with Crippen molar-refractivity contribution in [3.8, 4) is 0 Å². The summed E-state index contributed by atoms with van der Waals surface area (Å²) in [7, 11) is 0. The summed E-state index contributed by atoms with van der Waals surface area (Å²) in [5, 5.41) is 20.0. The van der Waals surface area contributed by atoms with Gasteiger partial charge < -0.3 is 5.73 Å². The molecule has 110 valence electrons. The molecule has 0 aliphatic rings. The molecule has 0 saturated carbocycles. The molecule has 2 rings (SSSR count). The van der Waals surface area contributed by atoms with Crippen LogP contribution in [0.2, 0.25) is 0 Å². The molecule has 0 aromatic carbocycles. The maximum atomic E-state index is 6.03. The van der Waals surface area contributed by atoms with Gasteiger partial charge in [0.05, 0.1) is 17.9 Å². The van der Waals surface area contributed by atoms with Crippen LogP contribution in [0.5, 0.6) is 0 Å². The first-order valence-corrected chi connectivity index (χ1v) is 7.15. The Morgan fingerprint density at radius 1 is 1.20 bits per heavy atom. The van der Waals surface area contributed by atoms with Gasteiger partial charge in [0.15, 0.2) is 5.82 Å². The van der Waals surface area contributed by atoms with E-state index < -0.39 is 0 Å². The number of nitrogens with two attached hydrogens (primary N) is 1. The Bertz CT molecular complexity index is 517. The number of rotatable bonds is 8. The van der Waals surface area contributed by atoms with Crippen molar-refractivity contribution in [2.75, 3.05) is 0 Å². The number of hydrogen-bond acceptors (Lipinski definition) is 6. The lowest BCUT2D eigenvalue weighted by Crippen LogP contribution is -2.11. The second-order valence-corrected chi connectivity index (χ2v) is 4.91. The Morgan fingerprint density at radius 2 is 2.05 bits per heavy atom. The highest BCUT2D eigenvalue weighted by Crippen LogP contribution is 2.12. The van der Waals surface area contributed by atoms with Gasteiger partial charge in [0, 0.05) is 6.54 Å². The summed E-state index contributed by atoms with van der Waals surface area (Å²) in [6, 6.07) is -0.0511. The summed E-state index contributed by atoms with van der Waals surface area (Å²) in [4.78, 5) is 0. The van der Waals surface area contributed by atoms with Crippen molar-refractivity contribution in [3.05, 3.63) is 17.7 Å². The summed E-state index contributed by atoms with van der Waals surface area (Å²) in [6.45, 7) is 5.59. The SMILES string of the molecule is CCCCn1nnnc1Cn1cc(C(N)CCC)nn1. The fourth-order valence-electron chi connectivity index (χ4n) is 1.98. The Morgan fingerprint density at radius 3 is 2.80 bits per heavy atom. The van der Waals surface area contributed by atoms with Crippen molar-refractivity contribution in [1.82, 2.24) is 35.2 Å². The predicted octanol–water partition coefficient (Wildman–Crippen LogP) is 0.913. The standard InChI is InChI=1S/C12H22N8/c1-3-5-7-20-12(15-16-18-20)9-19-8-11(14-17-19)10(13)6-4-2/h8,10H,3-7,9,13H2,1-2H3. The zero-order valence-corrected chi connectivity index (χ0v) is 12.1. The molecule has 0 bridgehead atoms. The third-order valence-electron chi connectivity index (χ3n) is 3.17. The zero-order chi connectivity index (χ0) is 14.4. The van der Waals surface area contributed by atoms with Gasteiger partial charge in [-0.2, -0.15) is 0 Å². The molecular weight excluding hydrogens is 256 g/mol. The fourth-order valence-corrected chi connectivity index (χ4v) is 1.98. The maximum Gasteiger partial charge on any atom is 0.172 e. The molecule has 8 heteroatoms. The van der Waals surface area contributed by atoms with Crippen LogP contribution in [0.25, 0.3) is 0 Å². The number of aryl methyl sites for hydroxylation is 1. The molecule has 0 aliphatic carbocycles. The Balaban J connectivity index is 2.01. The fraction of sp³-hybridized carbons (Fsp3) is 0.750. The number of unbranched alkanes of at least 4 members (excludes halogenated alkanes) is 1. The van der Waals surface area contributed by atoms with E-state index in [0.29, 0.717) is 6.54 Å². The minimum atomic E-state index is -0.0511. The minimum Gasteiger partial charge on any atom is -0.323 e. The number of nitrogens with zero attached hydrogens (tertiary/aromatic N) is 7. The van der Waals surface area contributed by atoms with E-state index in [1.165, 1.54) is 0 Å². The minimum absolute atomic E-state index is 0.0511. The van der Waals surface area contributed by atoms with Gasteiger partial charge in [-0.05, 0) is 23.3 Å². The largest absolute Gasteiger partial charge is 0.323 e. The molecule has 0 saturated heterocycles.